The third kappa shape index (κ3) is 3.82. The topological polar surface area (TPSA) is 107 Å². The van der Waals surface area contributed by atoms with Crippen molar-refractivity contribution in [3.05, 3.63) is 63.5 Å². The van der Waals surface area contributed by atoms with E-state index in [-0.39, 0.29) is 12.3 Å². The molecular weight excluding hydrogens is 370 g/mol. The van der Waals surface area contributed by atoms with E-state index in [0.717, 1.165) is 0 Å². The third-order valence-corrected chi connectivity index (χ3v) is 4.26. The summed E-state index contributed by atoms with van der Waals surface area (Å²) in [7, 11) is 0. The first kappa shape index (κ1) is 18.6. The first-order valence-corrected chi connectivity index (χ1v) is 8.61. The van der Waals surface area contributed by atoms with Gasteiger partial charge in [0, 0.05) is 23.4 Å². The van der Waals surface area contributed by atoms with Crippen molar-refractivity contribution in [3.8, 4) is 11.3 Å². The van der Waals surface area contributed by atoms with Crippen LogP contribution in [0.4, 0.5) is 5.69 Å². The Balaban J connectivity index is 1.93. The van der Waals surface area contributed by atoms with Gasteiger partial charge in [-0.1, -0.05) is 0 Å². The minimum atomic E-state index is -0.593. The van der Waals surface area contributed by atoms with Gasteiger partial charge in [-0.05, 0) is 50.3 Å². The Labute approximate surface area is 160 Å². The van der Waals surface area contributed by atoms with Gasteiger partial charge in [-0.3, -0.25) is 10.1 Å². The van der Waals surface area contributed by atoms with Crippen molar-refractivity contribution in [2.24, 2.45) is 0 Å². The molecule has 0 radical (unpaired) electrons. The van der Waals surface area contributed by atoms with Crippen molar-refractivity contribution in [3.63, 3.8) is 0 Å². The van der Waals surface area contributed by atoms with Crippen LogP contribution in [0.25, 0.3) is 11.3 Å². The molecule has 0 aliphatic carbocycles. The highest BCUT2D eigenvalue weighted by Crippen LogP contribution is 2.32. The van der Waals surface area contributed by atoms with E-state index >= 15 is 0 Å². The lowest BCUT2D eigenvalue weighted by Gasteiger charge is -2.28. The molecule has 9 heteroatoms. The van der Waals surface area contributed by atoms with Crippen LogP contribution in [0.1, 0.15) is 25.6 Å². The van der Waals surface area contributed by atoms with Crippen LogP contribution in [-0.2, 0) is 9.53 Å². The van der Waals surface area contributed by atoms with Crippen molar-refractivity contribution in [2.45, 2.75) is 19.9 Å². The normalized spacial score (nSPS) is 16.5. The number of carbonyl (C=O) groups is 1. The van der Waals surface area contributed by atoms with Crippen LogP contribution >= 0.6 is 12.2 Å². The second kappa shape index (κ2) is 7.58. The van der Waals surface area contributed by atoms with Crippen LogP contribution in [0.3, 0.4) is 0 Å². The Hall–Kier alpha value is -3.20. The molecule has 1 atom stereocenters. The number of carbonyl (C=O) groups excluding carboxylic acids is 1. The Morgan fingerprint density at radius 2 is 2.00 bits per heavy atom. The molecule has 140 valence electrons. The number of allylic oxidation sites excluding steroid dienone is 1. The summed E-state index contributed by atoms with van der Waals surface area (Å²) < 4.78 is 11.0. The van der Waals surface area contributed by atoms with Gasteiger partial charge in [0.2, 0.25) is 0 Å². The number of non-ortho nitro benzene ring substituents is 1. The lowest BCUT2D eigenvalue weighted by molar-refractivity contribution is -0.384. The summed E-state index contributed by atoms with van der Waals surface area (Å²) in [5.74, 6) is 0.539. The second-order valence-electron chi connectivity index (χ2n) is 5.80. The predicted molar refractivity (Wildman–Crippen MR) is 102 cm³/mol. The maximum Gasteiger partial charge on any atom is 0.338 e. The highest BCUT2D eigenvalue weighted by molar-refractivity contribution is 7.80. The van der Waals surface area contributed by atoms with Gasteiger partial charge in [-0.15, -0.1) is 0 Å². The van der Waals surface area contributed by atoms with Crippen LogP contribution in [-0.4, -0.2) is 22.6 Å². The fraction of sp³-hybridized carbons (Fsp3) is 0.222. The van der Waals surface area contributed by atoms with Gasteiger partial charge in [-0.2, -0.15) is 0 Å². The highest BCUT2D eigenvalue weighted by atomic mass is 32.1. The quantitative estimate of drug-likeness (QED) is 0.349. The first-order valence-electron chi connectivity index (χ1n) is 8.20. The Bertz CT molecular complexity index is 933. The number of benzene rings is 1. The molecule has 0 fully saturated rings. The third-order valence-electron chi connectivity index (χ3n) is 4.04. The molecule has 0 spiro atoms. The summed E-state index contributed by atoms with van der Waals surface area (Å²) in [4.78, 5) is 22.7. The minimum absolute atomic E-state index is 0.000875. The molecule has 1 aromatic heterocycles. The summed E-state index contributed by atoms with van der Waals surface area (Å²) in [6.45, 7) is 3.72. The summed E-state index contributed by atoms with van der Waals surface area (Å²) >= 11 is 5.19. The number of furan rings is 1. The van der Waals surface area contributed by atoms with E-state index in [4.69, 9.17) is 21.4 Å². The monoisotopic (exact) mass is 387 g/mol. The average molecular weight is 387 g/mol. The summed E-state index contributed by atoms with van der Waals surface area (Å²) in [5.41, 5.74) is 1.66. The number of nitrogens with one attached hydrogen (secondary N) is 2. The Morgan fingerprint density at radius 3 is 2.63 bits per heavy atom. The molecule has 0 bridgehead atoms. The maximum atomic E-state index is 12.4. The van der Waals surface area contributed by atoms with Crippen LogP contribution in [0.5, 0.6) is 0 Å². The molecule has 1 aliphatic rings. The van der Waals surface area contributed by atoms with E-state index in [0.29, 0.717) is 33.5 Å². The molecular formula is C18H17N3O5S. The standard InChI is InChI=1S/C18H17N3O5S/c1-3-25-17(22)15-10(2)19-18(27)20-16(15)14-9-8-13(26-14)11-4-6-12(7-5-11)21(23)24/h4-9,16H,3H2,1-2H3,(H2,19,20,27)/t16-/m0/s1. The highest BCUT2D eigenvalue weighted by Gasteiger charge is 2.33. The van der Waals surface area contributed by atoms with Crippen molar-refractivity contribution in [1.29, 1.82) is 0 Å². The van der Waals surface area contributed by atoms with E-state index in [1.54, 1.807) is 38.1 Å². The van der Waals surface area contributed by atoms with Crippen LogP contribution in [0.15, 0.2) is 52.1 Å². The van der Waals surface area contributed by atoms with Gasteiger partial charge >= 0.3 is 5.97 Å². The SMILES string of the molecule is CCOC(=O)C1=C(C)NC(=S)N[C@H]1c1ccc(-c2ccc([N+](=O)[O-])cc2)o1. The molecule has 0 unspecified atom stereocenters. The molecule has 8 nitrogen and oxygen atoms in total. The largest absolute Gasteiger partial charge is 0.463 e. The zero-order chi connectivity index (χ0) is 19.6. The van der Waals surface area contributed by atoms with Crippen molar-refractivity contribution < 1.29 is 18.9 Å². The van der Waals surface area contributed by atoms with Crippen molar-refractivity contribution in [1.82, 2.24) is 10.6 Å². The first-order chi connectivity index (χ1) is 12.9. The van der Waals surface area contributed by atoms with E-state index in [2.05, 4.69) is 10.6 Å². The number of nitrogens with zero attached hydrogens (tertiary/aromatic N) is 1. The molecule has 2 heterocycles. The van der Waals surface area contributed by atoms with E-state index in [9.17, 15) is 14.9 Å². The van der Waals surface area contributed by atoms with Crippen LogP contribution < -0.4 is 10.6 Å². The molecule has 0 saturated heterocycles. The van der Waals surface area contributed by atoms with Crippen molar-refractivity contribution >= 4 is 29.0 Å². The van der Waals surface area contributed by atoms with Gasteiger partial charge in [0.1, 0.15) is 17.6 Å². The van der Waals surface area contributed by atoms with Gasteiger partial charge in [0.15, 0.2) is 5.11 Å². The molecule has 2 N–H and O–H groups in total. The van der Waals surface area contributed by atoms with Crippen molar-refractivity contribution in [2.75, 3.05) is 6.61 Å². The molecule has 3 rings (SSSR count). The van der Waals surface area contributed by atoms with Gasteiger partial charge in [0.05, 0.1) is 17.1 Å². The minimum Gasteiger partial charge on any atom is -0.463 e. The van der Waals surface area contributed by atoms with Crippen LogP contribution in [0, 0.1) is 10.1 Å². The maximum absolute atomic E-state index is 12.4. The van der Waals surface area contributed by atoms with E-state index in [1.807, 2.05) is 0 Å². The zero-order valence-electron chi connectivity index (χ0n) is 14.6. The second-order valence-corrected chi connectivity index (χ2v) is 6.20. The number of nitro groups is 1. The number of thiocarbonyl (C=S) groups is 1. The van der Waals surface area contributed by atoms with Gasteiger partial charge in [-0.25, -0.2) is 4.79 Å². The number of nitro benzene ring substituents is 1. The number of hydrogen-bond acceptors (Lipinski definition) is 6. The van der Waals surface area contributed by atoms with E-state index < -0.39 is 16.9 Å². The fourth-order valence-corrected chi connectivity index (χ4v) is 3.07. The lowest BCUT2D eigenvalue weighted by atomic mass is 10.0. The van der Waals surface area contributed by atoms with E-state index in [1.165, 1.54) is 12.1 Å². The number of esters is 1. The fourth-order valence-electron chi connectivity index (χ4n) is 2.80. The summed E-state index contributed by atoms with van der Waals surface area (Å²) in [5, 5.41) is 17.1. The Kier molecular flexibility index (Phi) is 5.22. The zero-order valence-corrected chi connectivity index (χ0v) is 15.5. The van der Waals surface area contributed by atoms with Crippen LogP contribution in [0.2, 0.25) is 0 Å². The Morgan fingerprint density at radius 1 is 1.30 bits per heavy atom. The lowest BCUT2D eigenvalue weighted by Crippen LogP contribution is -2.45. The average Bonchev–Trinajstić information content (AvgIpc) is 3.11. The predicted octanol–water partition coefficient (Wildman–Crippen LogP) is 3.21. The summed E-state index contributed by atoms with van der Waals surface area (Å²) in [6, 6.07) is 8.90. The smallest absolute Gasteiger partial charge is 0.338 e. The summed E-state index contributed by atoms with van der Waals surface area (Å²) in [6.07, 6.45) is 0. The van der Waals surface area contributed by atoms with Gasteiger partial charge in [0.25, 0.3) is 5.69 Å². The number of hydrogen-bond donors (Lipinski definition) is 2. The molecule has 1 aliphatic heterocycles. The molecule has 0 amide bonds. The number of rotatable bonds is 5. The molecule has 2 aromatic rings. The molecule has 0 saturated carbocycles. The number of ether oxygens (including phenoxy) is 1. The molecule has 27 heavy (non-hydrogen) atoms. The van der Waals surface area contributed by atoms with Gasteiger partial charge < -0.3 is 19.8 Å². The molecule has 1 aromatic carbocycles.